The Morgan fingerprint density at radius 2 is 1.93 bits per heavy atom. The number of urea groups is 1. The van der Waals surface area contributed by atoms with Crippen LogP contribution in [0.1, 0.15) is 44.9 Å². The topological polar surface area (TPSA) is 149 Å². The highest BCUT2D eigenvalue weighted by atomic mass is 32.1. The van der Waals surface area contributed by atoms with Crippen LogP contribution >= 0.6 is 11.3 Å². The number of carbonyl (C=O) groups excluding carboxylic acids is 4. The first-order chi connectivity index (χ1) is 19.5. The van der Waals surface area contributed by atoms with Gasteiger partial charge in [0.05, 0.1) is 45.5 Å². The Hall–Kier alpha value is -4.07. The van der Waals surface area contributed by atoms with E-state index in [2.05, 4.69) is 26.3 Å². The van der Waals surface area contributed by atoms with Gasteiger partial charge in [0.2, 0.25) is 5.91 Å². The number of hydrogen-bond donors (Lipinski definition) is 4. The number of rotatable bonds is 8. The minimum atomic E-state index is -0.435. The normalized spacial score (nSPS) is 16.6. The van der Waals surface area contributed by atoms with Gasteiger partial charge >= 0.3 is 6.03 Å². The maximum absolute atomic E-state index is 13.6. The van der Waals surface area contributed by atoms with Crippen LogP contribution in [-0.4, -0.2) is 89.7 Å². The van der Waals surface area contributed by atoms with Gasteiger partial charge in [0.1, 0.15) is 5.69 Å². The number of carbonyl (C=O) groups is 4. The predicted octanol–water partition coefficient (Wildman–Crippen LogP) is 2.46. The average Bonchev–Trinajstić information content (AvgIpc) is 3.74. The second-order valence-corrected chi connectivity index (χ2v) is 10.9. The summed E-state index contributed by atoms with van der Waals surface area (Å²) in [6.07, 6.45) is 2.20. The van der Waals surface area contributed by atoms with Crippen molar-refractivity contribution in [2.24, 2.45) is 0 Å². The third-order valence-electron chi connectivity index (χ3n) is 7.20. The summed E-state index contributed by atoms with van der Waals surface area (Å²) in [5.74, 6) is -0.267. The molecular weight excluding hydrogens is 534 g/mol. The maximum atomic E-state index is 13.6. The highest BCUT2D eigenvalue weighted by molar-refractivity contribution is 7.17. The number of amides is 4. The molecular formula is C27H29N7O5S. The molecule has 208 valence electrons. The average molecular weight is 564 g/mol. The molecule has 1 aliphatic carbocycles. The molecule has 2 fully saturated rings. The van der Waals surface area contributed by atoms with E-state index in [0.29, 0.717) is 95.8 Å². The fraction of sp³-hybridized carbons (Fsp3) is 0.370. The van der Waals surface area contributed by atoms with Crippen LogP contribution in [0.2, 0.25) is 0 Å². The van der Waals surface area contributed by atoms with E-state index in [4.69, 9.17) is 4.74 Å². The molecule has 4 N–H and O–H groups in total. The van der Waals surface area contributed by atoms with Crippen LogP contribution in [0.15, 0.2) is 30.3 Å². The molecule has 0 spiro atoms. The Morgan fingerprint density at radius 1 is 1.07 bits per heavy atom. The highest BCUT2D eigenvalue weighted by Crippen LogP contribution is 2.44. The van der Waals surface area contributed by atoms with Gasteiger partial charge < -0.3 is 20.3 Å². The van der Waals surface area contributed by atoms with E-state index in [1.54, 1.807) is 35.3 Å². The first-order valence-electron chi connectivity index (χ1n) is 13.3. The minimum absolute atomic E-state index is 0.178. The summed E-state index contributed by atoms with van der Waals surface area (Å²) < 4.78 is 5.30. The van der Waals surface area contributed by atoms with Gasteiger partial charge in [-0.05, 0) is 31.0 Å². The number of aromatic nitrogens is 2. The van der Waals surface area contributed by atoms with Crippen LogP contribution < -0.4 is 16.1 Å². The number of anilines is 1. The van der Waals surface area contributed by atoms with Crippen LogP contribution in [0.3, 0.4) is 0 Å². The van der Waals surface area contributed by atoms with E-state index in [0.717, 1.165) is 13.0 Å². The second kappa shape index (κ2) is 11.2. The van der Waals surface area contributed by atoms with Gasteiger partial charge in [-0.3, -0.25) is 24.9 Å². The summed E-state index contributed by atoms with van der Waals surface area (Å²) in [5, 5.41) is 14.9. The quantitative estimate of drug-likeness (QED) is 0.241. The molecule has 3 aromatic rings. The zero-order valence-electron chi connectivity index (χ0n) is 21.7. The van der Waals surface area contributed by atoms with Gasteiger partial charge in [-0.2, -0.15) is 5.10 Å². The van der Waals surface area contributed by atoms with Crippen LogP contribution in [0.5, 0.6) is 0 Å². The number of ether oxygens (including phenoxy) is 1. The number of H-pyrrole nitrogens is 1. The molecule has 1 aromatic carbocycles. The molecule has 3 aliphatic rings. The number of likely N-dealkylation sites (tertiary alicyclic amines) is 1. The fourth-order valence-electron chi connectivity index (χ4n) is 5.22. The fourth-order valence-corrected chi connectivity index (χ4v) is 6.15. The number of aromatic amines is 1. The molecule has 0 unspecified atom stereocenters. The van der Waals surface area contributed by atoms with E-state index in [1.165, 1.54) is 11.3 Å². The molecule has 0 atom stereocenters. The van der Waals surface area contributed by atoms with Crippen molar-refractivity contribution in [1.29, 1.82) is 0 Å². The summed E-state index contributed by atoms with van der Waals surface area (Å²) in [7, 11) is 0. The Bertz CT molecular complexity index is 1480. The molecule has 6 rings (SSSR count). The summed E-state index contributed by atoms with van der Waals surface area (Å²) in [4.78, 5) is 53.8. The van der Waals surface area contributed by atoms with Gasteiger partial charge in [-0.15, -0.1) is 11.3 Å². The SMILES string of the molecule is O=C(Nc1cccc2c1C(=O)c1c-2n[nH]c1-c1ccc(C(=O)NCCCN2CCCC2=O)s1)NN1CCOCC1. The Balaban J connectivity index is 1.12. The maximum Gasteiger partial charge on any atom is 0.333 e. The van der Waals surface area contributed by atoms with Crippen molar-refractivity contribution in [3.05, 3.63) is 46.3 Å². The van der Waals surface area contributed by atoms with Crippen molar-refractivity contribution in [3.63, 3.8) is 0 Å². The summed E-state index contributed by atoms with van der Waals surface area (Å²) in [6, 6.07) is 8.35. The number of hydrazine groups is 1. The van der Waals surface area contributed by atoms with Crippen LogP contribution in [0.4, 0.5) is 10.5 Å². The van der Waals surface area contributed by atoms with Gasteiger partial charge in [0, 0.05) is 44.7 Å². The van der Waals surface area contributed by atoms with Gasteiger partial charge in [0.25, 0.3) is 5.91 Å². The molecule has 12 nitrogen and oxygen atoms in total. The molecule has 0 radical (unpaired) electrons. The van der Waals surface area contributed by atoms with E-state index >= 15 is 0 Å². The van der Waals surface area contributed by atoms with Crippen molar-refractivity contribution in [1.82, 2.24) is 30.8 Å². The van der Waals surface area contributed by atoms with Gasteiger partial charge in [0.15, 0.2) is 5.78 Å². The van der Waals surface area contributed by atoms with Crippen LogP contribution in [-0.2, 0) is 9.53 Å². The smallest absolute Gasteiger partial charge is 0.333 e. The number of nitrogens with zero attached hydrogens (tertiary/aromatic N) is 3. The lowest BCUT2D eigenvalue weighted by Crippen LogP contribution is -2.49. The van der Waals surface area contributed by atoms with Crippen molar-refractivity contribution >= 4 is 40.7 Å². The third kappa shape index (κ3) is 5.10. The van der Waals surface area contributed by atoms with Crippen LogP contribution in [0, 0.1) is 0 Å². The number of nitrogens with one attached hydrogen (secondary N) is 4. The monoisotopic (exact) mass is 563 g/mol. The minimum Gasteiger partial charge on any atom is -0.379 e. The molecule has 2 aliphatic heterocycles. The Labute approximate surface area is 234 Å². The lowest BCUT2D eigenvalue weighted by atomic mass is 10.1. The molecule has 4 heterocycles. The molecule has 0 bridgehead atoms. The number of ketones is 1. The predicted molar refractivity (Wildman–Crippen MR) is 148 cm³/mol. The second-order valence-electron chi connectivity index (χ2n) is 9.80. The summed E-state index contributed by atoms with van der Waals surface area (Å²) in [5.41, 5.74) is 5.69. The molecule has 40 heavy (non-hydrogen) atoms. The highest BCUT2D eigenvalue weighted by Gasteiger charge is 2.35. The summed E-state index contributed by atoms with van der Waals surface area (Å²) >= 11 is 1.27. The molecule has 0 saturated carbocycles. The third-order valence-corrected chi connectivity index (χ3v) is 8.30. The van der Waals surface area contributed by atoms with E-state index in [-0.39, 0.29) is 17.6 Å². The Kier molecular flexibility index (Phi) is 7.32. The zero-order valence-corrected chi connectivity index (χ0v) is 22.6. The standard InChI is InChI=1S/C27H29N7O5S/c35-20-6-2-10-33(20)11-3-9-28-26(37)19-8-7-18(40-19)24-22-23(30-31-24)16-4-1-5-17(21(16)25(22)36)29-27(38)32-34-12-14-39-15-13-34/h1,4-5,7-8H,2-3,6,9-15H2,(H,28,37)(H,30,31)(H2,29,32,38). The van der Waals surface area contributed by atoms with Crippen molar-refractivity contribution in [3.8, 4) is 21.8 Å². The van der Waals surface area contributed by atoms with Crippen molar-refractivity contribution < 1.29 is 23.9 Å². The van der Waals surface area contributed by atoms with E-state index < -0.39 is 6.03 Å². The molecule has 2 saturated heterocycles. The van der Waals surface area contributed by atoms with Crippen LogP contribution in [0.25, 0.3) is 21.8 Å². The molecule has 2 aromatic heterocycles. The number of thiophene rings is 1. The number of morpholine rings is 1. The van der Waals surface area contributed by atoms with E-state index in [1.807, 2.05) is 4.90 Å². The number of fused-ring (bicyclic) bond motifs is 3. The molecule has 4 amide bonds. The first-order valence-corrected chi connectivity index (χ1v) is 14.1. The lowest BCUT2D eigenvalue weighted by molar-refractivity contribution is -0.127. The number of benzene rings is 1. The Morgan fingerprint density at radius 3 is 2.73 bits per heavy atom. The molecule has 13 heteroatoms. The van der Waals surface area contributed by atoms with Gasteiger partial charge in [-0.1, -0.05) is 12.1 Å². The zero-order chi connectivity index (χ0) is 27.6. The first kappa shape index (κ1) is 26.2. The van der Waals surface area contributed by atoms with Crippen molar-refractivity contribution in [2.75, 3.05) is 51.3 Å². The summed E-state index contributed by atoms with van der Waals surface area (Å²) in [6.45, 7) is 4.14. The van der Waals surface area contributed by atoms with E-state index in [9.17, 15) is 19.2 Å². The van der Waals surface area contributed by atoms with Gasteiger partial charge in [-0.25, -0.2) is 9.80 Å². The largest absolute Gasteiger partial charge is 0.379 e. The van der Waals surface area contributed by atoms with Crippen molar-refractivity contribution in [2.45, 2.75) is 19.3 Å². The number of hydrogen-bond acceptors (Lipinski definition) is 8. The lowest BCUT2D eigenvalue weighted by Gasteiger charge is -2.27.